The summed E-state index contributed by atoms with van der Waals surface area (Å²) in [4.78, 5) is 25.7. The second-order valence-electron chi connectivity index (χ2n) is 11.8. The van der Waals surface area contributed by atoms with E-state index in [1.807, 2.05) is 25.2 Å². The highest BCUT2D eigenvalue weighted by atomic mass is 16.4. The van der Waals surface area contributed by atoms with E-state index in [4.69, 9.17) is 0 Å². The molecule has 3 saturated carbocycles. The van der Waals surface area contributed by atoms with Gasteiger partial charge in [0, 0.05) is 17.4 Å². The monoisotopic (exact) mass is 466 g/mol. The number of carboxylic acids is 1. The van der Waals surface area contributed by atoms with Crippen LogP contribution in [0.25, 0.3) is 0 Å². The third kappa shape index (κ3) is 4.30. The average Bonchev–Trinajstić information content (AvgIpc) is 3.02. The van der Waals surface area contributed by atoms with E-state index in [0.29, 0.717) is 19.3 Å². The van der Waals surface area contributed by atoms with E-state index in [0.717, 1.165) is 29.6 Å². The summed E-state index contributed by atoms with van der Waals surface area (Å²) in [5, 5.41) is 20.8. The summed E-state index contributed by atoms with van der Waals surface area (Å²) < 4.78 is 0. The van der Waals surface area contributed by atoms with E-state index in [2.05, 4.69) is 52.8 Å². The van der Waals surface area contributed by atoms with E-state index in [1.165, 1.54) is 5.57 Å². The number of aliphatic hydroxyl groups is 1. The Morgan fingerprint density at radius 1 is 0.941 bits per heavy atom. The van der Waals surface area contributed by atoms with Crippen molar-refractivity contribution in [2.45, 2.75) is 86.7 Å². The molecule has 3 aliphatic rings. The van der Waals surface area contributed by atoms with Crippen LogP contribution in [-0.4, -0.2) is 28.1 Å². The molecule has 0 aromatic carbocycles. The third-order valence-electron chi connectivity index (χ3n) is 9.27. The minimum absolute atomic E-state index is 0.0973. The topological polar surface area (TPSA) is 74.6 Å². The van der Waals surface area contributed by atoms with Gasteiger partial charge in [0.2, 0.25) is 0 Å². The van der Waals surface area contributed by atoms with Gasteiger partial charge < -0.3 is 10.2 Å². The first-order chi connectivity index (χ1) is 15.8. The molecule has 0 aromatic heterocycles. The number of carboxylic acid groups (broad SMARTS) is 1. The summed E-state index contributed by atoms with van der Waals surface area (Å²) in [6.07, 6.45) is 14.6. The largest absolute Gasteiger partial charge is 0.481 e. The number of rotatable bonds is 5. The zero-order chi connectivity index (χ0) is 25.5. The fourth-order valence-electron chi connectivity index (χ4n) is 7.43. The molecular formula is C30H42O4. The first-order valence-corrected chi connectivity index (χ1v) is 12.6. The van der Waals surface area contributed by atoms with Crippen LogP contribution < -0.4 is 0 Å². The molecule has 0 heterocycles. The third-order valence-corrected chi connectivity index (χ3v) is 9.27. The molecular weight excluding hydrogens is 424 g/mol. The first-order valence-electron chi connectivity index (χ1n) is 12.6. The number of hydrogen-bond donors (Lipinski definition) is 2. The maximum Gasteiger partial charge on any atom is 0.312 e. The predicted molar refractivity (Wildman–Crippen MR) is 137 cm³/mol. The van der Waals surface area contributed by atoms with Crippen LogP contribution in [0.15, 0.2) is 58.7 Å². The Bertz CT molecular complexity index is 1000. The number of aliphatic carboxylic acids is 1. The smallest absolute Gasteiger partial charge is 0.312 e. The van der Waals surface area contributed by atoms with Gasteiger partial charge in [0.15, 0.2) is 5.78 Å². The number of Topliss-reactive ketones (excluding diaryl/α,β-unsaturated/α-hetero) is 1. The Morgan fingerprint density at radius 3 is 2.21 bits per heavy atom. The highest BCUT2D eigenvalue weighted by Gasteiger charge is 2.67. The number of carbonyl (C=O) groups excluding carboxylic acids is 1. The van der Waals surface area contributed by atoms with Crippen molar-refractivity contribution in [3.05, 3.63) is 58.7 Å². The van der Waals surface area contributed by atoms with Crippen molar-refractivity contribution in [1.29, 1.82) is 0 Å². The fraction of sp³-hybridized carbons (Fsp3) is 0.600. The van der Waals surface area contributed by atoms with E-state index >= 15 is 0 Å². The van der Waals surface area contributed by atoms with Crippen molar-refractivity contribution in [2.24, 2.45) is 28.1 Å². The van der Waals surface area contributed by atoms with Crippen LogP contribution in [0, 0.1) is 28.1 Å². The van der Waals surface area contributed by atoms with Crippen LogP contribution in [0.3, 0.4) is 0 Å². The molecule has 0 bridgehead atoms. The van der Waals surface area contributed by atoms with Gasteiger partial charge in [0.05, 0.1) is 11.5 Å². The van der Waals surface area contributed by atoms with Gasteiger partial charge in [-0.1, -0.05) is 61.4 Å². The van der Waals surface area contributed by atoms with Crippen molar-refractivity contribution in [3.63, 3.8) is 0 Å². The second kappa shape index (κ2) is 9.45. The quantitative estimate of drug-likeness (QED) is 0.354. The van der Waals surface area contributed by atoms with Crippen LogP contribution in [0.2, 0.25) is 0 Å². The predicted octanol–water partition coefficient (Wildman–Crippen LogP) is 6.59. The lowest BCUT2D eigenvalue weighted by Crippen LogP contribution is -2.61. The number of ketones is 1. The van der Waals surface area contributed by atoms with Gasteiger partial charge in [0.1, 0.15) is 0 Å². The first kappa shape index (κ1) is 26.4. The van der Waals surface area contributed by atoms with Crippen LogP contribution >= 0.6 is 0 Å². The minimum Gasteiger partial charge on any atom is -0.481 e. The zero-order valence-corrected chi connectivity index (χ0v) is 21.9. The molecule has 186 valence electrons. The Hall–Kier alpha value is -2.20. The van der Waals surface area contributed by atoms with Crippen molar-refractivity contribution in [1.82, 2.24) is 0 Å². The van der Waals surface area contributed by atoms with Crippen molar-refractivity contribution < 1.29 is 19.8 Å². The Kier molecular flexibility index (Phi) is 7.34. The number of carbonyl (C=O) groups is 2. The lowest BCUT2D eigenvalue weighted by Gasteiger charge is -2.61. The van der Waals surface area contributed by atoms with Crippen molar-refractivity contribution in [2.75, 3.05) is 0 Å². The van der Waals surface area contributed by atoms with Gasteiger partial charge in [-0.15, -0.1) is 0 Å². The Balaban J connectivity index is 1.93. The molecule has 0 spiro atoms. The minimum atomic E-state index is -1.17. The summed E-state index contributed by atoms with van der Waals surface area (Å²) in [7, 11) is 0. The molecule has 4 heteroatoms. The Morgan fingerprint density at radius 2 is 1.59 bits per heavy atom. The van der Waals surface area contributed by atoms with E-state index in [-0.39, 0.29) is 28.4 Å². The number of fused-ring (bicyclic) bond motifs is 3. The van der Waals surface area contributed by atoms with Gasteiger partial charge in [-0.25, -0.2) is 0 Å². The maximum absolute atomic E-state index is 13.4. The molecule has 3 fully saturated rings. The van der Waals surface area contributed by atoms with Gasteiger partial charge >= 0.3 is 5.97 Å². The summed E-state index contributed by atoms with van der Waals surface area (Å²) in [5.74, 6) is -0.760. The normalized spacial score (nSPS) is 39.8. The van der Waals surface area contributed by atoms with Gasteiger partial charge in [-0.05, 0) is 83.1 Å². The molecule has 0 amide bonds. The molecule has 3 aliphatic carbocycles. The lowest BCUT2D eigenvalue weighted by molar-refractivity contribution is -0.194. The molecule has 0 saturated heterocycles. The maximum atomic E-state index is 13.4. The van der Waals surface area contributed by atoms with Crippen LogP contribution in [0.4, 0.5) is 0 Å². The molecule has 0 aromatic rings. The lowest BCUT2D eigenvalue weighted by atomic mass is 9.43. The van der Waals surface area contributed by atoms with Crippen molar-refractivity contribution >= 4 is 11.8 Å². The zero-order valence-electron chi connectivity index (χ0n) is 21.9. The standard InChI is InChI=1S/C30H42O4/c1-19(2)10-8-11-20(3)12-9-13-21(4)26-22(31)18-24-28(5)17-15-25(32)30(7,27(33)34)23(28)14-16-29(24,26)6/h8-13,23-25,32H,14-18H2,1-7H3,(H,33,34)/b11-8+,13-9+,20-12+,26-21+/t23-,24+,25-,28+,29+,30-/m1/s1. The summed E-state index contributed by atoms with van der Waals surface area (Å²) in [6, 6.07) is 0. The van der Waals surface area contributed by atoms with E-state index in [9.17, 15) is 19.8 Å². The second-order valence-corrected chi connectivity index (χ2v) is 11.8. The summed E-state index contributed by atoms with van der Waals surface area (Å²) in [6.45, 7) is 14.3. The Labute approximate surface area is 205 Å². The molecule has 3 rings (SSSR count). The van der Waals surface area contributed by atoms with Crippen LogP contribution in [-0.2, 0) is 9.59 Å². The van der Waals surface area contributed by atoms with Crippen molar-refractivity contribution in [3.8, 4) is 0 Å². The summed E-state index contributed by atoms with van der Waals surface area (Å²) in [5.41, 5.74) is 2.60. The van der Waals surface area contributed by atoms with Gasteiger partial charge in [-0.2, -0.15) is 0 Å². The van der Waals surface area contributed by atoms with Crippen LogP contribution in [0.5, 0.6) is 0 Å². The SMILES string of the molecule is CC(C)=C/C=C/C(C)=C/C=C/C(C)=C1\C(=O)C[C@H]2[C@@]3(C)CC[C@@H](O)[C@](C)(C(=O)O)[C@@H]3CC[C@]12C. The number of hydrogen-bond acceptors (Lipinski definition) is 3. The highest BCUT2D eigenvalue weighted by Crippen LogP contribution is 2.69. The number of allylic oxidation sites excluding steroid dienone is 10. The van der Waals surface area contributed by atoms with Gasteiger partial charge in [-0.3, -0.25) is 9.59 Å². The molecule has 0 unspecified atom stereocenters. The molecule has 6 atom stereocenters. The average molecular weight is 467 g/mol. The fourth-order valence-corrected chi connectivity index (χ4v) is 7.43. The van der Waals surface area contributed by atoms with Crippen LogP contribution in [0.1, 0.15) is 80.6 Å². The number of aliphatic hydroxyl groups excluding tert-OH is 1. The highest BCUT2D eigenvalue weighted by molar-refractivity contribution is 6.01. The van der Waals surface area contributed by atoms with E-state index < -0.39 is 17.5 Å². The molecule has 34 heavy (non-hydrogen) atoms. The molecule has 4 nitrogen and oxygen atoms in total. The molecule has 0 aliphatic heterocycles. The molecule has 2 N–H and O–H groups in total. The summed E-state index contributed by atoms with van der Waals surface area (Å²) >= 11 is 0. The van der Waals surface area contributed by atoms with E-state index in [1.54, 1.807) is 6.92 Å². The van der Waals surface area contributed by atoms with Gasteiger partial charge in [0.25, 0.3) is 0 Å². The molecule has 0 radical (unpaired) electrons.